The van der Waals surface area contributed by atoms with Crippen LogP contribution in [0.25, 0.3) is 11.3 Å². The molecule has 11 heteroatoms. The van der Waals surface area contributed by atoms with Crippen LogP contribution in [0.3, 0.4) is 0 Å². The highest BCUT2D eigenvalue weighted by atomic mass is 32.2. The highest BCUT2D eigenvalue weighted by Gasteiger charge is 2.29. The van der Waals surface area contributed by atoms with E-state index in [-0.39, 0.29) is 16.8 Å². The molecular formula is C21H22N4O5S2. The molecule has 9 nitrogen and oxygen atoms in total. The number of carbonyl (C=O) groups is 2. The van der Waals surface area contributed by atoms with Crippen LogP contribution in [-0.2, 0) is 14.8 Å². The minimum absolute atomic E-state index is 0.100. The summed E-state index contributed by atoms with van der Waals surface area (Å²) in [5.41, 5.74) is 2.16. The summed E-state index contributed by atoms with van der Waals surface area (Å²) in [6.45, 7) is 2.35. The van der Waals surface area contributed by atoms with Crippen LogP contribution in [0.15, 0.2) is 51.3 Å². The predicted octanol–water partition coefficient (Wildman–Crippen LogP) is 3.79. The first-order chi connectivity index (χ1) is 15.3. The third-order valence-electron chi connectivity index (χ3n) is 4.94. The number of hydrogen-bond acceptors (Lipinski definition) is 7. The zero-order valence-electron chi connectivity index (χ0n) is 17.3. The van der Waals surface area contributed by atoms with Gasteiger partial charge in [-0.3, -0.25) is 14.9 Å². The van der Waals surface area contributed by atoms with Gasteiger partial charge in [0.05, 0.1) is 5.69 Å². The third-order valence-corrected chi connectivity index (χ3v) is 7.47. The number of rotatable bonds is 6. The molecule has 1 saturated heterocycles. The molecule has 2 aromatic heterocycles. The van der Waals surface area contributed by atoms with E-state index in [2.05, 4.69) is 15.6 Å². The fraction of sp³-hybridized carbons (Fsp3) is 0.286. The maximum absolute atomic E-state index is 12.7. The summed E-state index contributed by atoms with van der Waals surface area (Å²) in [6, 6.07) is 9.82. The van der Waals surface area contributed by atoms with Crippen LogP contribution in [0.5, 0.6) is 0 Å². The van der Waals surface area contributed by atoms with E-state index in [9.17, 15) is 18.0 Å². The number of sulfonamides is 1. The lowest BCUT2D eigenvalue weighted by atomic mass is 10.1. The first kappa shape index (κ1) is 22.2. The third kappa shape index (κ3) is 4.90. The van der Waals surface area contributed by atoms with Crippen LogP contribution in [-0.4, -0.2) is 42.6 Å². The number of aromatic nitrogens is 1. The minimum Gasteiger partial charge on any atom is -0.438 e. The normalized spacial score (nSPS) is 14.8. The maximum Gasteiger partial charge on any atom is 0.293 e. The van der Waals surface area contributed by atoms with Crippen LogP contribution in [0.2, 0.25) is 0 Å². The molecule has 0 aliphatic carbocycles. The Labute approximate surface area is 189 Å². The molecule has 1 aliphatic heterocycles. The highest BCUT2D eigenvalue weighted by molar-refractivity contribution is 7.89. The Kier molecular flexibility index (Phi) is 6.40. The number of carbonyl (C=O) groups excluding carboxylic acids is 2. The zero-order chi connectivity index (χ0) is 22.7. The number of piperidine rings is 1. The molecular weight excluding hydrogens is 452 g/mol. The monoisotopic (exact) mass is 474 g/mol. The molecule has 0 bridgehead atoms. The molecule has 0 spiro atoms. The van der Waals surface area contributed by atoms with Crippen molar-refractivity contribution in [1.29, 1.82) is 0 Å². The number of nitrogens with zero attached hydrogens (tertiary/aromatic N) is 2. The Morgan fingerprint density at radius 3 is 2.44 bits per heavy atom. The summed E-state index contributed by atoms with van der Waals surface area (Å²) in [5, 5.41) is 7.25. The highest BCUT2D eigenvalue weighted by Crippen LogP contribution is 2.27. The van der Waals surface area contributed by atoms with Crippen LogP contribution in [0.1, 0.15) is 36.7 Å². The fourth-order valence-electron chi connectivity index (χ4n) is 3.36. The lowest BCUT2D eigenvalue weighted by Gasteiger charge is -2.24. The topological polar surface area (TPSA) is 122 Å². The van der Waals surface area contributed by atoms with Gasteiger partial charge >= 0.3 is 0 Å². The molecule has 0 radical (unpaired) electrons. The van der Waals surface area contributed by atoms with Crippen molar-refractivity contribution in [3.8, 4) is 11.3 Å². The van der Waals surface area contributed by atoms with Gasteiger partial charge in [-0.25, -0.2) is 13.4 Å². The van der Waals surface area contributed by atoms with Crippen molar-refractivity contribution in [3.63, 3.8) is 0 Å². The van der Waals surface area contributed by atoms with E-state index in [0.717, 1.165) is 24.8 Å². The SMILES string of the molecule is CC(=O)Nc1ccc(-c2csc(NC(=O)c3ccc(S(=O)(=O)N4CCCCC4)o3)n2)cc1. The van der Waals surface area contributed by atoms with Gasteiger partial charge in [0.25, 0.3) is 15.9 Å². The molecule has 3 heterocycles. The first-order valence-corrected chi connectivity index (χ1v) is 12.4. The van der Waals surface area contributed by atoms with Crippen LogP contribution < -0.4 is 10.6 Å². The number of furan rings is 1. The summed E-state index contributed by atoms with van der Waals surface area (Å²) < 4.78 is 32.1. The van der Waals surface area contributed by atoms with E-state index in [0.29, 0.717) is 29.6 Å². The van der Waals surface area contributed by atoms with Crippen LogP contribution in [0.4, 0.5) is 10.8 Å². The summed E-state index contributed by atoms with van der Waals surface area (Å²) in [7, 11) is -3.74. The molecule has 0 atom stereocenters. The van der Waals surface area contributed by atoms with E-state index in [1.807, 2.05) is 12.1 Å². The summed E-state index contributed by atoms with van der Waals surface area (Å²) in [5.74, 6) is -0.829. The molecule has 1 aromatic carbocycles. The number of nitrogens with one attached hydrogen (secondary N) is 2. The van der Waals surface area contributed by atoms with Gasteiger partial charge in [0, 0.05) is 36.6 Å². The van der Waals surface area contributed by atoms with E-state index >= 15 is 0 Å². The van der Waals surface area contributed by atoms with Crippen molar-refractivity contribution < 1.29 is 22.4 Å². The molecule has 32 heavy (non-hydrogen) atoms. The number of anilines is 2. The Hall–Kier alpha value is -3.02. The van der Waals surface area contributed by atoms with Gasteiger partial charge in [0.1, 0.15) is 0 Å². The lowest BCUT2D eigenvalue weighted by molar-refractivity contribution is -0.114. The molecule has 1 aliphatic rings. The predicted molar refractivity (Wildman–Crippen MR) is 121 cm³/mol. The Morgan fingerprint density at radius 1 is 1.03 bits per heavy atom. The second kappa shape index (κ2) is 9.23. The van der Waals surface area contributed by atoms with Crippen molar-refractivity contribution in [2.75, 3.05) is 23.7 Å². The molecule has 1 fully saturated rings. The maximum atomic E-state index is 12.7. The largest absolute Gasteiger partial charge is 0.438 e. The summed E-state index contributed by atoms with van der Waals surface area (Å²) in [4.78, 5) is 28.1. The van der Waals surface area contributed by atoms with Crippen molar-refractivity contribution in [1.82, 2.24) is 9.29 Å². The number of hydrogen-bond donors (Lipinski definition) is 2. The minimum atomic E-state index is -3.74. The van der Waals surface area contributed by atoms with Crippen LogP contribution >= 0.6 is 11.3 Å². The fourth-order valence-corrected chi connectivity index (χ4v) is 5.51. The standard InChI is InChI=1S/C21H22N4O5S2/c1-14(26)22-16-7-5-15(6-8-16)17-13-31-21(23-17)24-20(27)18-9-10-19(30-18)32(28,29)25-11-3-2-4-12-25/h5-10,13H,2-4,11-12H2,1H3,(H,22,26)(H,23,24,27). The lowest BCUT2D eigenvalue weighted by Crippen LogP contribution is -2.35. The van der Waals surface area contributed by atoms with Crippen molar-refractivity contribution in [2.45, 2.75) is 31.3 Å². The molecule has 168 valence electrons. The van der Waals surface area contributed by atoms with E-state index in [4.69, 9.17) is 4.42 Å². The van der Waals surface area contributed by atoms with E-state index in [1.54, 1.807) is 17.5 Å². The van der Waals surface area contributed by atoms with Crippen molar-refractivity contribution >= 4 is 44.0 Å². The Balaban J connectivity index is 1.43. The Morgan fingerprint density at radius 2 is 1.75 bits per heavy atom. The average molecular weight is 475 g/mol. The second-order valence-electron chi connectivity index (χ2n) is 7.33. The Bertz CT molecular complexity index is 1230. The zero-order valence-corrected chi connectivity index (χ0v) is 19.0. The van der Waals surface area contributed by atoms with Gasteiger partial charge in [-0.05, 0) is 37.1 Å². The quantitative estimate of drug-likeness (QED) is 0.561. The van der Waals surface area contributed by atoms with Gasteiger partial charge in [0.2, 0.25) is 11.0 Å². The summed E-state index contributed by atoms with van der Waals surface area (Å²) in [6.07, 6.45) is 2.64. The molecule has 0 unspecified atom stereocenters. The van der Waals surface area contributed by atoms with Crippen molar-refractivity contribution in [2.24, 2.45) is 0 Å². The van der Waals surface area contributed by atoms with Gasteiger partial charge < -0.3 is 9.73 Å². The van der Waals surface area contributed by atoms with Gasteiger partial charge in [-0.1, -0.05) is 18.6 Å². The van der Waals surface area contributed by atoms with Crippen molar-refractivity contribution in [3.05, 3.63) is 47.5 Å². The van der Waals surface area contributed by atoms with E-state index in [1.165, 1.54) is 34.7 Å². The number of thiazole rings is 1. The van der Waals surface area contributed by atoms with Gasteiger partial charge in [0.15, 0.2) is 10.9 Å². The second-order valence-corrected chi connectivity index (χ2v) is 10.1. The van der Waals surface area contributed by atoms with E-state index < -0.39 is 15.9 Å². The average Bonchev–Trinajstić information content (AvgIpc) is 3.45. The smallest absolute Gasteiger partial charge is 0.293 e. The molecule has 2 amide bonds. The first-order valence-electron chi connectivity index (χ1n) is 10.1. The molecule has 0 saturated carbocycles. The number of benzene rings is 1. The number of amides is 2. The van der Waals surface area contributed by atoms with Gasteiger partial charge in [-0.2, -0.15) is 4.31 Å². The molecule has 4 rings (SSSR count). The van der Waals surface area contributed by atoms with Crippen LogP contribution in [0, 0.1) is 0 Å². The van der Waals surface area contributed by atoms with Gasteiger partial charge in [-0.15, -0.1) is 11.3 Å². The molecule has 2 N–H and O–H groups in total. The summed E-state index contributed by atoms with van der Waals surface area (Å²) >= 11 is 1.24. The molecule has 3 aromatic rings.